The van der Waals surface area contributed by atoms with Crippen molar-refractivity contribution in [2.45, 2.75) is 13.0 Å². The van der Waals surface area contributed by atoms with Gasteiger partial charge >= 0.3 is 0 Å². The third-order valence-electron chi connectivity index (χ3n) is 3.68. The van der Waals surface area contributed by atoms with E-state index in [1.54, 1.807) is 6.20 Å². The van der Waals surface area contributed by atoms with Crippen LogP contribution >= 0.6 is 0 Å². The third kappa shape index (κ3) is 2.08. The van der Waals surface area contributed by atoms with E-state index in [0.29, 0.717) is 17.6 Å². The number of nitrogens with one attached hydrogen (secondary N) is 2. The minimum absolute atomic E-state index is 0.401. The highest BCUT2D eigenvalue weighted by molar-refractivity contribution is 5.87. The van der Waals surface area contributed by atoms with Gasteiger partial charge in [0.1, 0.15) is 5.82 Å². The van der Waals surface area contributed by atoms with Crippen molar-refractivity contribution in [1.29, 1.82) is 0 Å². The van der Waals surface area contributed by atoms with E-state index in [-0.39, 0.29) is 0 Å². The van der Waals surface area contributed by atoms with Crippen molar-refractivity contribution < 1.29 is 0 Å². The van der Waals surface area contributed by atoms with E-state index in [1.165, 1.54) is 0 Å². The van der Waals surface area contributed by atoms with Crippen LogP contribution in [0.15, 0.2) is 6.20 Å². The fourth-order valence-electron chi connectivity index (χ4n) is 2.37. The van der Waals surface area contributed by atoms with Crippen molar-refractivity contribution >= 4 is 22.8 Å². The molecular weight excluding hydrogens is 244 g/mol. The number of nitrogens with two attached hydrogens (primary N) is 1. The molecule has 0 aliphatic carbocycles. The first-order valence-corrected chi connectivity index (χ1v) is 6.32. The molecule has 1 atom stereocenters. The number of piperazine rings is 1. The van der Waals surface area contributed by atoms with Crippen molar-refractivity contribution in [3.63, 3.8) is 0 Å². The molecule has 0 radical (unpaired) electrons. The Labute approximate surface area is 111 Å². The lowest BCUT2D eigenvalue weighted by Crippen LogP contribution is -2.50. The normalized spacial score (nSPS) is 21.0. The Bertz CT molecular complexity index is 579. The fraction of sp³-hybridized carbons (Fsp3) is 0.545. The van der Waals surface area contributed by atoms with Gasteiger partial charge in [-0.1, -0.05) is 0 Å². The Balaban J connectivity index is 2.01. The molecule has 8 heteroatoms. The van der Waals surface area contributed by atoms with E-state index in [4.69, 9.17) is 5.84 Å². The largest absolute Gasteiger partial charge is 0.353 e. The molecule has 0 bridgehead atoms. The molecule has 2 aromatic heterocycles. The number of H-pyrrole nitrogens is 1. The number of hydrazine groups is 1. The van der Waals surface area contributed by atoms with Gasteiger partial charge in [-0.2, -0.15) is 15.1 Å². The number of rotatable bonds is 2. The number of hydrogen-bond donors (Lipinski definition) is 3. The molecule has 1 aliphatic rings. The molecule has 0 amide bonds. The number of nitrogen functional groups attached to an aromatic ring is 1. The highest BCUT2D eigenvalue weighted by atomic mass is 15.4. The van der Waals surface area contributed by atoms with Crippen molar-refractivity contribution in [1.82, 2.24) is 25.1 Å². The van der Waals surface area contributed by atoms with Gasteiger partial charge in [-0.05, 0) is 14.0 Å². The summed E-state index contributed by atoms with van der Waals surface area (Å²) in [5.41, 5.74) is 3.20. The summed E-state index contributed by atoms with van der Waals surface area (Å²) in [7, 11) is 2.14. The first-order chi connectivity index (χ1) is 9.19. The Morgan fingerprint density at radius 3 is 3.00 bits per heavy atom. The zero-order valence-corrected chi connectivity index (χ0v) is 11.1. The molecule has 3 heterocycles. The van der Waals surface area contributed by atoms with Crippen molar-refractivity contribution in [3.05, 3.63) is 6.20 Å². The topological polar surface area (TPSA) is 99.0 Å². The van der Waals surface area contributed by atoms with Gasteiger partial charge in [-0.3, -0.25) is 10.5 Å². The highest BCUT2D eigenvalue weighted by Crippen LogP contribution is 2.25. The second-order valence-corrected chi connectivity index (χ2v) is 4.92. The van der Waals surface area contributed by atoms with Crippen LogP contribution in [0.25, 0.3) is 11.0 Å². The lowest BCUT2D eigenvalue weighted by molar-refractivity contribution is 0.233. The van der Waals surface area contributed by atoms with Crippen LogP contribution in [0.2, 0.25) is 0 Å². The molecule has 1 aliphatic heterocycles. The van der Waals surface area contributed by atoms with E-state index >= 15 is 0 Å². The van der Waals surface area contributed by atoms with Gasteiger partial charge < -0.3 is 9.80 Å². The maximum Gasteiger partial charge on any atom is 0.241 e. The van der Waals surface area contributed by atoms with Crippen LogP contribution in [-0.2, 0) is 0 Å². The van der Waals surface area contributed by atoms with Crippen LogP contribution in [0.5, 0.6) is 0 Å². The first-order valence-electron chi connectivity index (χ1n) is 6.32. The summed E-state index contributed by atoms with van der Waals surface area (Å²) in [6.45, 7) is 5.08. The minimum Gasteiger partial charge on any atom is -0.353 e. The molecule has 1 unspecified atom stereocenters. The molecule has 1 fully saturated rings. The molecule has 8 nitrogen and oxygen atoms in total. The molecular formula is C11H18N8. The number of fused-ring (bicyclic) bond motifs is 1. The molecule has 2 aromatic rings. The maximum absolute atomic E-state index is 5.42. The van der Waals surface area contributed by atoms with Gasteiger partial charge in [0.2, 0.25) is 5.95 Å². The molecule has 0 spiro atoms. The van der Waals surface area contributed by atoms with Crippen LogP contribution in [0, 0.1) is 0 Å². The fourth-order valence-corrected chi connectivity index (χ4v) is 2.37. The Hall–Kier alpha value is -1.93. The van der Waals surface area contributed by atoms with Crippen molar-refractivity contribution in [2.75, 3.05) is 37.0 Å². The summed E-state index contributed by atoms with van der Waals surface area (Å²) in [5, 5.41) is 7.82. The van der Waals surface area contributed by atoms with Gasteiger partial charge in [-0.15, -0.1) is 0 Å². The van der Waals surface area contributed by atoms with E-state index in [0.717, 1.165) is 30.8 Å². The average Bonchev–Trinajstić information content (AvgIpc) is 2.89. The van der Waals surface area contributed by atoms with Gasteiger partial charge in [0.25, 0.3) is 0 Å². The van der Waals surface area contributed by atoms with Gasteiger partial charge in [0.05, 0.1) is 11.6 Å². The Morgan fingerprint density at radius 1 is 1.42 bits per heavy atom. The smallest absolute Gasteiger partial charge is 0.241 e. The second-order valence-electron chi connectivity index (χ2n) is 4.92. The lowest BCUT2D eigenvalue weighted by atomic mass is 10.2. The van der Waals surface area contributed by atoms with Gasteiger partial charge in [-0.25, -0.2) is 5.84 Å². The summed E-state index contributed by atoms with van der Waals surface area (Å²) >= 11 is 0. The summed E-state index contributed by atoms with van der Waals surface area (Å²) in [4.78, 5) is 13.3. The standard InChI is InChI=1S/C11H18N8/c1-7-6-19(4-3-18(7)2)10-8-5-13-17-9(8)14-11(15-10)16-12/h5,7H,3-4,6,12H2,1-2H3,(H2,13,14,15,16,17). The summed E-state index contributed by atoms with van der Waals surface area (Å²) < 4.78 is 0. The predicted molar refractivity (Wildman–Crippen MR) is 73.8 cm³/mol. The molecule has 102 valence electrons. The SMILES string of the molecule is CC1CN(c2nc(NN)nc3[nH]ncc23)CCN1C. The molecule has 4 N–H and O–H groups in total. The predicted octanol–water partition coefficient (Wildman–Crippen LogP) is -0.221. The number of aromatic nitrogens is 4. The Morgan fingerprint density at radius 2 is 2.26 bits per heavy atom. The van der Waals surface area contributed by atoms with Gasteiger partial charge in [0.15, 0.2) is 5.65 Å². The van der Waals surface area contributed by atoms with Crippen LogP contribution in [-0.4, -0.2) is 57.8 Å². The second kappa shape index (κ2) is 4.63. The molecule has 0 saturated carbocycles. The summed E-state index contributed by atoms with van der Waals surface area (Å²) in [6.07, 6.45) is 1.76. The number of nitrogens with zero attached hydrogens (tertiary/aromatic N) is 5. The number of aromatic amines is 1. The third-order valence-corrected chi connectivity index (χ3v) is 3.68. The lowest BCUT2D eigenvalue weighted by Gasteiger charge is -2.38. The van der Waals surface area contributed by atoms with Crippen LogP contribution in [0.4, 0.5) is 11.8 Å². The van der Waals surface area contributed by atoms with E-state index in [9.17, 15) is 0 Å². The van der Waals surface area contributed by atoms with Crippen LogP contribution < -0.4 is 16.2 Å². The monoisotopic (exact) mass is 262 g/mol. The quantitative estimate of drug-likeness (QED) is 0.508. The number of likely N-dealkylation sites (N-methyl/N-ethyl adjacent to an activating group) is 1. The Kier molecular flexibility index (Phi) is 2.96. The zero-order chi connectivity index (χ0) is 13.4. The van der Waals surface area contributed by atoms with Crippen LogP contribution in [0.3, 0.4) is 0 Å². The minimum atomic E-state index is 0.401. The van der Waals surface area contributed by atoms with E-state index in [2.05, 4.69) is 49.4 Å². The number of anilines is 2. The number of hydrogen-bond acceptors (Lipinski definition) is 7. The van der Waals surface area contributed by atoms with Gasteiger partial charge in [0, 0.05) is 25.7 Å². The molecule has 1 saturated heterocycles. The molecule has 0 aromatic carbocycles. The van der Waals surface area contributed by atoms with Crippen molar-refractivity contribution in [3.8, 4) is 0 Å². The van der Waals surface area contributed by atoms with E-state index < -0.39 is 0 Å². The average molecular weight is 262 g/mol. The zero-order valence-electron chi connectivity index (χ0n) is 11.1. The summed E-state index contributed by atoms with van der Waals surface area (Å²) in [5.74, 6) is 6.70. The first kappa shape index (κ1) is 12.1. The van der Waals surface area contributed by atoms with Crippen molar-refractivity contribution in [2.24, 2.45) is 5.84 Å². The maximum atomic E-state index is 5.42. The molecule has 3 rings (SSSR count). The highest BCUT2D eigenvalue weighted by Gasteiger charge is 2.24. The van der Waals surface area contributed by atoms with E-state index in [1.807, 2.05) is 0 Å². The summed E-state index contributed by atoms with van der Waals surface area (Å²) in [6, 6.07) is 0.486. The van der Waals surface area contributed by atoms with Crippen LogP contribution in [0.1, 0.15) is 6.92 Å². The molecule has 19 heavy (non-hydrogen) atoms.